The average Bonchev–Trinajstić information content (AvgIpc) is 2.35. The zero-order chi connectivity index (χ0) is 11.4. The second kappa shape index (κ2) is 4.75. The van der Waals surface area contributed by atoms with Crippen molar-refractivity contribution in [3.8, 4) is 0 Å². The molecule has 0 aliphatic rings. The topological polar surface area (TPSA) is 39.2 Å². The van der Waals surface area contributed by atoms with Gasteiger partial charge in [-0.3, -0.25) is 4.98 Å². The molecular formula is C13H13NO2. The average molecular weight is 215 g/mol. The van der Waals surface area contributed by atoms with E-state index in [1.807, 2.05) is 25.1 Å². The van der Waals surface area contributed by atoms with Crippen LogP contribution in [0.2, 0.25) is 0 Å². The zero-order valence-electron chi connectivity index (χ0n) is 9.14. The van der Waals surface area contributed by atoms with Crippen LogP contribution in [0.4, 0.5) is 0 Å². The van der Waals surface area contributed by atoms with Crippen molar-refractivity contribution in [2.24, 2.45) is 0 Å². The Balaban J connectivity index is 2.28. The summed E-state index contributed by atoms with van der Waals surface area (Å²) < 4.78 is 5.07. The molecule has 3 nitrogen and oxygen atoms in total. The summed E-state index contributed by atoms with van der Waals surface area (Å²) in [5, 5.41) is 0.952. The molecule has 0 atom stereocenters. The number of benzene rings is 1. The molecule has 0 unspecified atom stereocenters. The predicted octanol–water partition coefficient (Wildman–Crippen LogP) is 2.80. The lowest BCUT2D eigenvalue weighted by atomic mass is 10.1. The summed E-state index contributed by atoms with van der Waals surface area (Å²) in [5.74, 6) is -0.271. The number of aromatic nitrogens is 1. The molecule has 1 aromatic heterocycles. The summed E-state index contributed by atoms with van der Waals surface area (Å²) in [5.41, 5.74) is 1.46. The maximum Gasteiger partial charge on any atom is 0.338 e. The highest BCUT2D eigenvalue weighted by Gasteiger charge is 2.07. The van der Waals surface area contributed by atoms with E-state index in [1.54, 1.807) is 18.3 Å². The first-order chi connectivity index (χ1) is 7.81. The van der Waals surface area contributed by atoms with Crippen molar-refractivity contribution >= 4 is 16.9 Å². The van der Waals surface area contributed by atoms with Gasteiger partial charge in [0.25, 0.3) is 0 Å². The summed E-state index contributed by atoms with van der Waals surface area (Å²) in [6.07, 6.45) is 2.57. The Morgan fingerprint density at radius 2 is 2.25 bits per heavy atom. The van der Waals surface area contributed by atoms with Gasteiger partial charge in [-0.25, -0.2) is 4.79 Å². The maximum absolute atomic E-state index is 11.6. The smallest absolute Gasteiger partial charge is 0.338 e. The fraction of sp³-hybridized carbons (Fsp3) is 0.231. The van der Waals surface area contributed by atoms with Crippen LogP contribution >= 0.6 is 0 Å². The van der Waals surface area contributed by atoms with Crippen LogP contribution < -0.4 is 0 Å². The Morgan fingerprint density at radius 1 is 1.38 bits per heavy atom. The van der Waals surface area contributed by atoms with Gasteiger partial charge in [0, 0.05) is 11.6 Å². The van der Waals surface area contributed by atoms with Gasteiger partial charge in [-0.1, -0.05) is 13.0 Å². The minimum Gasteiger partial charge on any atom is -0.462 e. The van der Waals surface area contributed by atoms with Crippen molar-refractivity contribution in [2.75, 3.05) is 6.61 Å². The van der Waals surface area contributed by atoms with Crippen LogP contribution in [0, 0.1) is 0 Å². The molecule has 0 fully saturated rings. The number of rotatable bonds is 3. The largest absolute Gasteiger partial charge is 0.462 e. The lowest BCUT2D eigenvalue weighted by Gasteiger charge is -2.03. The molecule has 0 saturated carbocycles. The van der Waals surface area contributed by atoms with Crippen LogP contribution in [0.3, 0.4) is 0 Å². The van der Waals surface area contributed by atoms with Gasteiger partial charge in [-0.05, 0) is 30.7 Å². The van der Waals surface area contributed by atoms with Gasteiger partial charge >= 0.3 is 5.97 Å². The van der Waals surface area contributed by atoms with Crippen LogP contribution in [0.15, 0.2) is 36.5 Å². The molecule has 0 spiro atoms. The monoisotopic (exact) mass is 215 g/mol. The van der Waals surface area contributed by atoms with E-state index in [1.165, 1.54) is 0 Å². The SMILES string of the molecule is CCCOC(=O)c1ccc2ncccc2c1. The van der Waals surface area contributed by atoms with E-state index >= 15 is 0 Å². The van der Waals surface area contributed by atoms with Crippen molar-refractivity contribution < 1.29 is 9.53 Å². The van der Waals surface area contributed by atoms with E-state index in [9.17, 15) is 4.79 Å². The van der Waals surface area contributed by atoms with Crippen LogP contribution in [-0.2, 0) is 4.74 Å². The molecule has 82 valence electrons. The Kier molecular flexibility index (Phi) is 3.15. The second-order valence-corrected chi connectivity index (χ2v) is 3.55. The first-order valence-electron chi connectivity index (χ1n) is 5.33. The van der Waals surface area contributed by atoms with Crippen molar-refractivity contribution in [1.82, 2.24) is 4.98 Å². The number of esters is 1. The van der Waals surface area contributed by atoms with Gasteiger partial charge in [0.1, 0.15) is 0 Å². The minimum atomic E-state index is -0.271. The summed E-state index contributed by atoms with van der Waals surface area (Å²) in [7, 11) is 0. The van der Waals surface area contributed by atoms with Crippen LogP contribution in [-0.4, -0.2) is 17.6 Å². The van der Waals surface area contributed by atoms with Crippen molar-refractivity contribution in [3.63, 3.8) is 0 Å². The molecule has 2 rings (SSSR count). The van der Waals surface area contributed by atoms with Gasteiger partial charge in [-0.15, -0.1) is 0 Å². The fourth-order valence-electron chi connectivity index (χ4n) is 1.48. The lowest BCUT2D eigenvalue weighted by Crippen LogP contribution is -2.05. The first kappa shape index (κ1) is 10.6. The van der Waals surface area contributed by atoms with E-state index in [0.29, 0.717) is 12.2 Å². The van der Waals surface area contributed by atoms with E-state index in [-0.39, 0.29) is 5.97 Å². The highest BCUT2D eigenvalue weighted by molar-refractivity contribution is 5.94. The van der Waals surface area contributed by atoms with E-state index in [0.717, 1.165) is 17.3 Å². The molecule has 0 bridgehead atoms. The van der Waals surface area contributed by atoms with Crippen LogP contribution in [0.25, 0.3) is 10.9 Å². The van der Waals surface area contributed by atoms with Crippen LogP contribution in [0.5, 0.6) is 0 Å². The Bertz CT molecular complexity index is 508. The third-order valence-corrected chi connectivity index (χ3v) is 2.28. The van der Waals surface area contributed by atoms with E-state index < -0.39 is 0 Å². The molecule has 0 aliphatic heterocycles. The molecule has 0 radical (unpaired) electrons. The van der Waals surface area contributed by atoms with Crippen molar-refractivity contribution in [1.29, 1.82) is 0 Å². The Morgan fingerprint density at radius 3 is 3.06 bits per heavy atom. The third kappa shape index (κ3) is 2.19. The van der Waals surface area contributed by atoms with Crippen LogP contribution in [0.1, 0.15) is 23.7 Å². The summed E-state index contributed by atoms with van der Waals surface area (Å²) >= 11 is 0. The fourth-order valence-corrected chi connectivity index (χ4v) is 1.48. The number of nitrogens with zero attached hydrogens (tertiary/aromatic N) is 1. The molecule has 2 aromatic rings. The normalized spacial score (nSPS) is 10.3. The Hall–Kier alpha value is -1.90. The summed E-state index contributed by atoms with van der Waals surface area (Å²) in [4.78, 5) is 15.8. The van der Waals surface area contributed by atoms with Crippen molar-refractivity contribution in [2.45, 2.75) is 13.3 Å². The highest BCUT2D eigenvalue weighted by Crippen LogP contribution is 2.14. The van der Waals surface area contributed by atoms with Gasteiger partial charge in [-0.2, -0.15) is 0 Å². The summed E-state index contributed by atoms with van der Waals surface area (Å²) in [6, 6.07) is 9.16. The maximum atomic E-state index is 11.6. The van der Waals surface area contributed by atoms with Crippen molar-refractivity contribution in [3.05, 3.63) is 42.1 Å². The standard InChI is InChI=1S/C13H13NO2/c1-2-8-16-13(15)11-5-6-12-10(9-11)4-3-7-14-12/h3-7,9H,2,8H2,1H3. The van der Waals surface area contributed by atoms with Gasteiger partial charge in [0.15, 0.2) is 0 Å². The van der Waals surface area contributed by atoms with Gasteiger partial charge in [0.05, 0.1) is 17.7 Å². The molecule has 16 heavy (non-hydrogen) atoms. The minimum absolute atomic E-state index is 0.271. The molecule has 1 heterocycles. The number of ether oxygens (including phenoxy) is 1. The molecular weight excluding hydrogens is 202 g/mol. The molecule has 0 saturated heterocycles. The molecule has 0 N–H and O–H groups in total. The zero-order valence-corrected chi connectivity index (χ0v) is 9.14. The summed E-state index contributed by atoms with van der Waals surface area (Å²) in [6.45, 7) is 2.43. The molecule has 1 aromatic carbocycles. The number of carbonyl (C=O) groups excluding carboxylic acids is 1. The quantitative estimate of drug-likeness (QED) is 0.739. The number of hydrogen-bond donors (Lipinski definition) is 0. The molecule has 0 aliphatic carbocycles. The number of hydrogen-bond acceptors (Lipinski definition) is 3. The third-order valence-electron chi connectivity index (χ3n) is 2.28. The second-order valence-electron chi connectivity index (χ2n) is 3.55. The first-order valence-corrected chi connectivity index (χ1v) is 5.33. The number of fused-ring (bicyclic) bond motifs is 1. The lowest BCUT2D eigenvalue weighted by molar-refractivity contribution is 0.0505. The van der Waals surface area contributed by atoms with E-state index in [4.69, 9.17) is 4.74 Å². The van der Waals surface area contributed by atoms with Gasteiger partial charge in [0.2, 0.25) is 0 Å². The number of carbonyl (C=O) groups is 1. The van der Waals surface area contributed by atoms with E-state index in [2.05, 4.69) is 4.98 Å². The number of pyridine rings is 1. The Labute approximate surface area is 94.1 Å². The highest BCUT2D eigenvalue weighted by atomic mass is 16.5. The van der Waals surface area contributed by atoms with Gasteiger partial charge < -0.3 is 4.74 Å². The molecule has 0 amide bonds. The predicted molar refractivity (Wildman–Crippen MR) is 62.3 cm³/mol. The molecule has 3 heteroatoms.